The van der Waals surface area contributed by atoms with Gasteiger partial charge in [-0.05, 0) is 104 Å². The highest BCUT2D eigenvalue weighted by Crippen LogP contribution is 2.42. The topological polar surface area (TPSA) is 93.9 Å². The van der Waals surface area contributed by atoms with Crippen LogP contribution >= 0.6 is 0 Å². The van der Waals surface area contributed by atoms with Gasteiger partial charge in [0.2, 0.25) is 11.8 Å². The number of rotatable bonds is 13. The number of para-hydroxylation sites is 2. The summed E-state index contributed by atoms with van der Waals surface area (Å²) in [5, 5.41) is 1.90. The van der Waals surface area contributed by atoms with E-state index in [1.807, 2.05) is 123 Å². The van der Waals surface area contributed by atoms with E-state index in [1.54, 1.807) is 4.90 Å². The first-order valence-corrected chi connectivity index (χ1v) is 22.9. The van der Waals surface area contributed by atoms with Crippen LogP contribution < -0.4 is 0 Å². The summed E-state index contributed by atoms with van der Waals surface area (Å²) in [6, 6.07) is 38.5. The summed E-state index contributed by atoms with van der Waals surface area (Å²) in [7, 11) is 0. The van der Waals surface area contributed by atoms with Crippen molar-refractivity contribution in [3.8, 4) is 0 Å². The van der Waals surface area contributed by atoms with E-state index in [-0.39, 0.29) is 44.0 Å². The molecule has 0 saturated carbocycles. The maximum atomic E-state index is 14.4. The Bertz CT molecular complexity index is 2940. The van der Waals surface area contributed by atoms with Crippen molar-refractivity contribution in [2.45, 2.75) is 98.1 Å². The fourth-order valence-corrected chi connectivity index (χ4v) is 10.4. The van der Waals surface area contributed by atoms with E-state index in [0.717, 1.165) is 61.5 Å². The number of carbonyl (C=O) groups is 4. The number of hydrogen-bond donors (Lipinski definition) is 0. The predicted octanol–water partition coefficient (Wildman–Crippen LogP) is 9.91. The number of ether oxygens (including phenoxy) is 1. The molecule has 0 saturated heterocycles. The summed E-state index contributed by atoms with van der Waals surface area (Å²) >= 11 is 0. The molecule has 0 N–H and O–H groups in total. The molecule has 7 aromatic rings. The Morgan fingerprint density at radius 1 is 0.667 bits per heavy atom. The number of amides is 2. The number of benzene rings is 5. The zero-order valence-electron chi connectivity index (χ0n) is 37.6. The molecular formula is C55H54F2N4O5. The van der Waals surface area contributed by atoms with Gasteiger partial charge in [-0.2, -0.15) is 0 Å². The van der Waals surface area contributed by atoms with Crippen molar-refractivity contribution in [1.29, 1.82) is 0 Å². The summed E-state index contributed by atoms with van der Waals surface area (Å²) in [5.74, 6) is -3.17. The maximum Gasteiger partial charge on any atom is 0.333 e. The van der Waals surface area contributed by atoms with Crippen LogP contribution in [0.15, 0.2) is 127 Å². The molecule has 2 heterocycles. The molecule has 2 aliphatic rings. The van der Waals surface area contributed by atoms with Crippen molar-refractivity contribution < 1.29 is 32.7 Å². The third-order valence-corrected chi connectivity index (χ3v) is 13.6. The number of halogens is 2. The van der Waals surface area contributed by atoms with Gasteiger partial charge in [-0.3, -0.25) is 9.59 Å². The molecule has 0 spiro atoms. The third kappa shape index (κ3) is 9.03. The average molecular weight is 889 g/mol. The fraction of sp³-hybridized carbons (Fsp3) is 0.309. The van der Waals surface area contributed by atoms with Gasteiger partial charge in [0.1, 0.15) is 24.7 Å². The van der Waals surface area contributed by atoms with E-state index in [4.69, 9.17) is 4.74 Å². The Morgan fingerprint density at radius 3 is 1.77 bits per heavy atom. The van der Waals surface area contributed by atoms with Crippen LogP contribution in [0.25, 0.3) is 21.8 Å². The zero-order valence-corrected chi connectivity index (χ0v) is 37.6. The minimum absolute atomic E-state index is 0.00947. The summed E-state index contributed by atoms with van der Waals surface area (Å²) in [4.78, 5) is 60.0. The van der Waals surface area contributed by atoms with E-state index in [0.29, 0.717) is 50.6 Å². The number of hydrogen-bond acceptors (Lipinski definition) is 5. The highest BCUT2D eigenvalue weighted by Gasteiger charge is 2.42. The van der Waals surface area contributed by atoms with Gasteiger partial charge in [-0.25, -0.2) is 18.4 Å². The van der Waals surface area contributed by atoms with E-state index in [9.17, 15) is 28.0 Å². The molecule has 11 heteroatoms. The molecule has 338 valence electrons. The molecule has 2 atom stereocenters. The molecule has 9 rings (SSSR count). The lowest BCUT2D eigenvalue weighted by molar-refractivity contribution is -0.160. The number of carbonyl (C=O) groups excluding carboxylic acids is 4. The van der Waals surface area contributed by atoms with Crippen LogP contribution in [-0.4, -0.2) is 48.7 Å². The number of aromatic nitrogens is 2. The minimum Gasteiger partial charge on any atom is -0.390 e. The quantitative estimate of drug-likeness (QED) is 0.0850. The minimum atomic E-state index is -0.699. The molecule has 0 aliphatic heterocycles. The fourth-order valence-electron chi connectivity index (χ4n) is 10.4. The van der Waals surface area contributed by atoms with Crippen LogP contribution in [0.4, 0.5) is 8.78 Å². The molecule has 2 amide bonds. The van der Waals surface area contributed by atoms with E-state index in [2.05, 4.69) is 20.8 Å². The first kappa shape index (κ1) is 44.3. The van der Waals surface area contributed by atoms with Crippen LogP contribution in [0.5, 0.6) is 0 Å². The standard InChI is InChI=1S/C55H54F2N4O5/c1-36(2)59(33-38-16-8-5-9-17-38)54(65)55(3)25-24-50-46(30-55)44-19-11-13-21-48(44)61(50)35-52(63)66-51(62)34-60-47-20-12-10-18-43(47)45-28-40(22-23-49(45)60)53(64)58(31-37-14-6-4-7-15-37)32-39-26-41(56)29-42(57)27-39/h4-21,26-27,29,36,40H,22-25,28,30-35H2,1-3H3. The van der Waals surface area contributed by atoms with Crippen LogP contribution in [0.3, 0.4) is 0 Å². The van der Waals surface area contributed by atoms with Crippen molar-refractivity contribution in [1.82, 2.24) is 18.9 Å². The predicted molar refractivity (Wildman–Crippen MR) is 250 cm³/mol. The Morgan fingerprint density at radius 2 is 1.18 bits per heavy atom. The first-order chi connectivity index (χ1) is 31.8. The van der Waals surface area contributed by atoms with Gasteiger partial charge in [0.05, 0.1) is 5.41 Å². The Kier molecular flexibility index (Phi) is 12.5. The van der Waals surface area contributed by atoms with Crippen molar-refractivity contribution in [2.24, 2.45) is 11.3 Å². The van der Waals surface area contributed by atoms with Crippen molar-refractivity contribution in [3.63, 3.8) is 0 Å². The lowest BCUT2D eigenvalue weighted by atomic mass is 9.73. The highest BCUT2D eigenvalue weighted by molar-refractivity contribution is 5.93. The molecule has 2 aliphatic carbocycles. The van der Waals surface area contributed by atoms with E-state index < -0.39 is 34.9 Å². The van der Waals surface area contributed by atoms with Gasteiger partial charge >= 0.3 is 11.9 Å². The molecule has 66 heavy (non-hydrogen) atoms. The molecule has 9 nitrogen and oxygen atoms in total. The molecule has 0 radical (unpaired) electrons. The number of fused-ring (bicyclic) bond motifs is 6. The molecule has 2 aromatic heterocycles. The molecule has 0 fully saturated rings. The molecule has 2 unspecified atom stereocenters. The third-order valence-electron chi connectivity index (χ3n) is 13.6. The summed E-state index contributed by atoms with van der Waals surface area (Å²) in [6.07, 6.45) is 3.13. The second-order valence-corrected chi connectivity index (χ2v) is 18.6. The Balaban J connectivity index is 0.911. The Hall–Kier alpha value is -6.88. The van der Waals surface area contributed by atoms with Crippen LogP contribution in [-0.2, 0) is 82.3 Å². The average Bonchev–Trinajstić information content (AvgIpc) is 3.78. The van der Waals surface area contributed by atoms with Crippen molar-refractivity contribution in [2.75, 3.05) is 0 Å². The second-order valence-electron chi connectivity index (χ2n) is 18.6. The first-order valence-electron chi connectivity index (χ1n) is 22.9. The smallest absolute Gasteiger partial charge is 0.333 e. The number of nitrogens with zero attached hydrogens (tertiary/aromatic N) is 4. The highest BCUT2D eigenvalue weighted by atomic mass is 19.1. The molecule has 5 aromatic carbocycles. The van der Waals surface area contributed by atoms with Gasteiger partial charge in [-0.1, -0.05) is 104 Å². The largest absolute Gasteiger partial charge is 0.390 e. The van der Waals surface area contributed by atoms with Crippen LogP contribution in [0, 0.1) is 23.0 Å². The monoisotopic (exact) mass is 888 g/mol. The second kappa shape index (κ2) is 18.5. The van der Waals surface area contributed by atoms with E-state index >= 15 is 0 Å². The lowest BCUT2D eigenvalue weighted by Crippen LogP contribution is -2.47. The van der Waals surface area contributed by atoms with Gasteiger partial charge in [0.25, 0.3) is 0 Å². The SMILES string of the molecule is CC(C)N(Cc1ccccc1)C(=O)C1(C)CCc2c(c3ccccc3n2CC(=O)OC(=O)Cn2c3c(c4ccccc42)CC(C(=O)N(Cc2ccccc2)Cc2cc(F)cc(F)c2)CC3)C1. The summed E-state index contributed by atoms with van der Waals surface area (Å²) < 4.78 is 38.0. The molecule has 0 bridgehead atoms. The Labute approximate surface area is 383 Å². The van der Waals surface area contributed by atoms with Gasteiger partial charge < -0.3 is 23.7 Å². The normalized spacial score (nSPS) is 16.8. The zero-order chi connectivity index (χ0) is 46.1. The maximum absolute atomic E-state index is 14.4. The molecular weight excluding hydrogens is 835 g/mol. The van der Waals surface area contributed by atoms with Crippen molar-refractivity contribution >= 4 is 45.6 Å². The lowest BCUT2D eigenvalue weighted by Gasteiger charge is -2.39. The van der Waals surface area contributed by atoms with Gasteiger partial charge in [0, 0.05) is 70.9 Å². The number of esters is 2. The van der Waals surface area contributed by atoms with Crippen LogP contribution in [0.1, 0.15) is 72.8 Å². The van der Waals surface area contributed by atoms with Crippen molar-refractivity contribution in [3.05, 3.63) is 178 Å². The summed E-state index contributed by atoms with van der Waals surface area (Å²) in [6.45, 7) is 6.65. The van der Waals surface area contributed by atoms with Crippen LogP contribution in [0.2, 0.25) is 0 Å². The summed E-state index contributed by atoms with van der Waals surface area (Å²) in [5.41, 5.74) is 7.25. The van der Waals surface area contributed by atoms with Gasteiger partial charge in [-0.15, -0.1) is 0 Å². The van der Waals surface area contributed by atoms with Gasteiger partial charge in [0.15, 0.2) is 0 Å². The van der Waals surface area contributed by atoms with E-state index in [1.165, 1.54) is 12.1 Å².